The van der Waals surface area contributed by atoms with E-state index in [0.717, 1.165) is 23.8 Å². The van der Waals surface area contributed by atoms with E-state index in [4.69, 9.17) is 0 Å². The number of rotatable bonds is 13. The smallest absolute Gasteiger partial charge is 0.0959 e. The molecule has 0 bridgehead atoms. The lowest BCUT2D eigenvalue weighted by atomic mass is 9.81. The van der Waals surface area contributed by atoms with Crippen molar-refractivity contribution in [1.82, 2.24) is 5.32 Å². The number of aryl methyl sites for hydroxylation is 2. The van der Waals surface area contributed by atoms with Crippen LogP contribution >= 0.6 is 0 Å². The largest absolute Gasteiger partial charge is 0.369 e. The molecule has 0 radical (unpaired) electrons. The van der Waals surface area contributed by atoms with E-state index in [0.29, 0.717) is 17.9 Å². The molecule has 2 heteroatoms. The van der Waals surface area contributed by atoms with E-state index in [-0.39, 0.29) is 0 Å². The zero-order valence-electron chi connectivity index (χ0n) is 25.4. The summed E-state index contributed by atoms with van der Waals surface area (Å²) in [5, 5.41) is 6.93. The second kappa shape index (κ2) is 17.2. The highest BCUT2D eigenvalue weighted by molar-refractivity contribution is 5.48. The fourth-order valence-corrected chi connectivity index (χ4v) is 5.74. The van der Waals surface area contributed by atoms with Crippen LogP contribution in [0.4, 0.5) is 5.69 Å². The molecule has 2 nitrogen and oxygen atoms in total. The average molecular weight is 517 g/mol. The summed E-state index contributed by atoms with van der Waals surface area (Å²) >= 11 is 0. The molecule has 0 amide bonds. The van der Waals surface area contributed by atoms with Crippen LogP contribution in [0.25, 0.3) is 0 Å². The maximum atomic E-state index is 4.15. The zero-order valence-corrected chi connectivity index (χ0v) is 25.4. The van der Waals surface area contributed by atoms with Gasteiger partial charge in [-0.05, 0) is 85.6 Å². The van der Waals surface area contributed by atoms with Gasteiger partial charge < -0.3 is 10.6 Å². The summed E-state index contributed by atoms with van der Waals surface area (Å²) in [6.07, 6.45) is 12.6. The molecule has 0 saturated heterocycles. The van der Waals surface area contributed by atoms with Gasteiger partial charge in [0, 0.05) is 11.7 Å². The quantitative estimate of drug-likeness (QED) is 0.259. The van der Waals surface area contributed by atoms with Crippen molar-refractivity contribution in [2.45, 2.75) is 118 Å². The third kappa shape index (κ3) is 10.4. The molecule has 1 aliphatic carbocycles. The van der Waals surface area contributed by atoms with Crippen LogP contribution in [0.2, 0.25) is 0 Å². The van der Waals surface area contributed by atoms with Crippen LogP contribution in [0.3, 0.4) is 0 Å². The third-order valence-corrected chi connectivity index (χ3v) is 8.36. The topological polar surface area (TPSA) is 24.1 Å². The Hall–Kier alpha value is -2.48. The van der Waals surface area contributed by atoms with Gasteiger partial charge in [-0.1, -0.05) is 122 Å². The number of hydrogen-bond donors (Lipinski definition) is 2. The van der Waals surface area contributed by atoms with Gasteiger partial charge in [0.05, 0.1) is 5.82 Å². The summed E-state index contributed by atoms with van der Waals surface area (Å²) in [6.45, 7) is 21.9. The lowest BCUT2D eigenvalue weighted by Crippen LogP contribution is -2.39. The molecule has 0 aliphatic heterocycles. The molecule has 38 heavy (non-hydrogen) atoms. The number of anilines is 1. The Kier molecular flexibility index (Phi) is 14.3. The molecule has 1 aliphatic rings. The molecule has 2 N–H and O–H groups in total. The van der Waals surface area contributed by atoms with Gasteiger partial charge in [0.2, 0.25) is 0 Å². The molecule has 2 aromatic carbocycles. The normalized spacial score (nSPS) is 18.5. The first-order valence-corrected chi connectivity index (χ1v) is 15.3. The number of unbranched alkanes of at least 4 members (excludes halogenated alkanes) is 1. The van der Waals surface area contributed by atoms with E-state index in [1.54, 1.807) is 11.1 Å². The highest BCUT2D eigenvalue weighted by Crippen LogP contribution is 2.31. The number of nitrogens with one attached hydrogen (secondary N) is 2. The van der Waals surface area contributed by atoms with E-state index in [1.807, 2.05) is 0 Å². The molecule has 4 unspecified atom stereocenters. The minimum absolute atomic E-state index is 0.464. The molecule has 2 aromatic rings. The van der Waals surface area contributed by atoms with Gasteiger partial charge in [0.25, 0.3) is 0 Å². The number of hydrogen-bond acceptors (Lipinski definition) is 2. The molecule has 0 aromatic heterocycles. The minimum Gasteiger partial charge on any atom is -0.369 e. The Labute approximate surface area is 235 Å². The van der Waals surface area contributed by atoms with Gasteiger partial charge >= 0.3 is 0 Å². The Bertz CT molecular complexity index is 958. The molecular formula is C36H56N2. The summed E-state index contributed by atoms with van der Waals surface area (Å²) in [4.78, 5) is 0. The van der Waals surface area contributed by atoms with Crippen molar-refractivity contribution in [3.8, 4) is 0 Å². The highest BCUT2D eigenvalue weighted by Gasteiger charge is 2.25. The summed E-state index contributed by atoms with van der Waals surface area (Å²) in [7, 11) is 0. The average Bonchev–Trinajstić information content (AvgIpc) is 2.92. The molecule has 4 atom stereocenters. The van der Waals surface area contributed by atoms with Gasteiger partial charge in [0.1, 0.15) is 0 Å². The van der Waals surface area contributed by atoms with Gasteiger partial charge in [-0.25, -0.2) is 0 Å². The third-order valence-electron chi connectivity index (χ3n) is 8.36. The first-order valence-electron chi connectivity index (χ1n) is 15.3. The Morgan fingerprint density at radius 3 is 2.24 bits per heavy atom. The fourth-order valence-electron chi connectivity index (χ4n) is 5.74. The van der Waals surface area contributed by atoms with Crippen LogP contribution in [0.1, 0.15) is 116 Å². The van der Waals surface area contributed by atoms with Crippen LogP contribution in [0.15, 0.2) is 73.1 Å². The summed E-state index contributed by atoms with van der Waals surface area (Å²) in [5.74, 6) is 2.95. The van der Waals surface area contributed by atoms with Crippen LogP contribution in [0.5, 0.6) is 0 Å². The highest BCUT2D eigenvalue weighted by atomic mass is 15.1. The van der Waals surface area contributed by atoms with E-state index >= 15 is 0 Å². The Morgan fingerprint density at radius 2 is 1.61 bits per heavy atom. The van der Waals surface area contributed by atoms with Crippen molar-refractivity contribution in [3.05, 3.63) is 89.8 Å². The van der Waals surface area contributed by atoms with Crippen molar-refractivity contribution in [2.75, 3.05) is 5.32 Å². The van der Waals surface area contributed by atoms with Crippen LogP contribution < -0.4 is 10.6 Å². The van der Waals surface area contributed by atoms with Gasteiger partial charge in [0.15, 0.2) is 0 Å². The van der Waals surface area contributed by atoms with Crippen LogP contribution in [-0.2, 0) is 12.8 Å². The van der Waals surface area contributed by atoms with Crippen molar-refractivity contribution >= 4 is 5.69 Å². The monoisotopic (exact) mass is 516 g/mol. The van der Waals surface area contributed by atoms with E-state index < -0.39 is 0 Å². The number of benzene rings is 2. The lowest BCUT2D eigenvalue weighted by molar-refractivity contribution is 0.313. The molecule has 0 spiro atoms. The standard InChI is InChI=1S/C19H28N2.C17H28/c1-5-16-10-12-17(13-11-16)20-15(4)21-19-9-7-6-8-18(19)14(2)3;1-5-7-11-16-12-8-9-13-17(16)15(4)14(3)10-6-2/h10-13,18-21H,2,4-9H2,1,3H3;8-9,12-15H,5-7,10-11H2,1-4H3. The predicted octanol–water partition coefficient (Wildman–Crippen LogP) is 10.4. The van der Waals surface area contributed by atoms with E-state index in [9.17, 15) is 0 Å². The zero-order chi connectivity index (χ0) is 27.9. The second-order valence-corrected chi connectivity index (χ2v) is 11.5. The van der Waals surface area contributed by atoms with Crippen LogP contribution in [0, 0.1) is 11.8 Å². The maximum absolute atomic E-state index is 4.15. The summed E-state index contributed by atoms with van der Waals surface area (Å²) < 4.78 is 0. The minimum atomic E-state index is 0.464. The van der Waals surface area contributed by atoms with Crippen molar-refractivity contribution in [1.29, 1.82) is 0 Å². The van der Waals surface area contributed by atoms with Gasteiger partial charge in [-0.15, -0.1) is 0 Å². The van der Waals surface area contributed by atoms with Crippen LogP contribution in [-0.4, -0.2) is 6.04 Å². The maximum Gasteiger partial charge on any atom is 0.0959 e. The molecule has 1 saturated carbocycles. The predicted molar refractivity (Wildman–Crippen MR) is 170 cm³/mol. The molecular weight excluding hydrogens is 460 g/mol. The summed E-state index contributed by atoms with van der Waals surface area (Å²) in [5.41, 5.74) is 6.89. The van der Waals surface area contributed by atoms with Crippen molar-refractivity contribution in [2.24, 2.45) is 11.8 Å². The Morgan fingerprint density at radius 1 is 0.921 bits per heavy atom. The molecule has 210 valence electrons. The molecule has 0 heterocycles. The Balaban J connectivity index is 0.000000273. The molecule has 3 rings (SSSR count). The fraction of sp³-hybridized carbons (Fsp3) is 0.556. The van der Waals surface area contributed by atoms with Crippen molar-refractivity contribution in [3.63, 3.8) is 0 Å². The summed E-state index contributed by atoms with van der Waals surface area (Å²) in [6, 6.07) is 18.0. The second-order valence-electron chi connectivity index (χ2n) is 11.5. The molecule has 1 fully saturated rings. The van der Waals surface area contributed by atoms with E-state index in [2.05, 4.69) is 114 Å². The first-order chi connectivity index (χ1) is 18.3. The van der Waals surface area contributed by atoms with Gasteiger partial charge in [-0.2, -0.15) is 0 Å². The lowest BCUT2D eigenvalue weighted by Gasteiger charge is -2.34. The van der Waals surface area contributed by atoms with Crippen molar-refractivity contribution < 1.29 is 0 Å². The van der Waals surface area contributed by atoms with Gasteiger partial charge in [-0.3, -0.25) is 0 Å². The SMILES string of the molecule is C=C(Nc1ccc(CC)cc1)NC1CCCCC1C(=C)C.CCCCc1ccccc1C(C)C(C)CCC. The first kappa shape index (κ1) is 31.7. The van der Waals surface area contributed by atoms with E-state index in [1.165, 1.54) is 68.9 Å².